The molecule has 3 aliphatic rings. The molecule has 0 saturated heterocycles. The van der Waals surface area contributed by atoms with E-state index in [9.17, 15) is 44.7 Å². The molecule has 13 heteroatoms. The molecule has 0 spiro atoms. The second-order valence-electron chi connectivity index (χ2n) is 13.6. The molecule has 3 aliphatic carbocycles. The lowest BCUT2D eigenvalue weighted by Gasteiger charge is -2.69. The number of aliphatic hydroxyl groups is 4. The standard InChI is InChI=1S/C33H41N3O10/c1-13(2)21-25(39)20(28(34)42)26(40)33(45)27(41)22-24(38)19-17(14(3)31(22,4)29(43)32(21,33)5)11-12-18(23(19)37)36-30(44)35-15-7-9-16(46-6)10-8-15/h7-14,20-22,25,27,29,37,39,41,43,45H,1-6H3,(H2,34,42)(H2,35,36,44)/t14-,20-,21+,22-,25?,27?,29-,31+,32+,33+/m1/s1. The first-order chi connectivity index (χ1) is 21.4. The van der Waals surface area contributed by atoms with Gasteiger partial charge >= 0.3 is 6.03 Å². The summed E-state index contributed by atoms with van der Waals surface area (Å²) in [5.41, 5.74) is -0.527. The number of hydrogen-bond acceptors (Lipinski definition) is 10. The van der Waals surface area contributed by atoms with Crippen LogP contribution in [0.4, 0.5) is 16.2 Å². The van der Waals surface area contributed by atoms with Gasteiger partial charge in [-0.2, -0.15) is 0 Å². The minimum atomic E-state index is -2.89. The second-order valence-corrected chi connectivity index (χ2v) is 13.6. The fourth-order valence-corrected chi connectivity index (χ4v) is 8.82. The number of phenolic OH excluding ortho intramolecular Hbond substituents is 1. The van der Waals surface area contributed by atoms with Crippen molar-refractivity contribution >= 4 is 34.9 Å². The number of anilines is 2. The summed E-state index contributed by atoms with van der Waals surface area (Å²) in [5.74, 6) is -9.38. The lowest BCUT2D eigenvalue weighted by atomic mass is 9.36. The van der Waals surface area contributed by atoms with Gasteiger partial charge in [-0.05, 0) is 53.6 Å². The molecule has 9 N–H and O–H groups in total. The molecule has 2 saturated carbocycles. The molecule has 2 aromatic carbocycles. The van der Waals surface area contributed by atoms with Crippen LogP contribution < -0.4 is 21.1 Å². The van der Waals surface area contributed by atoms with Crippen LogP contribution >= 0.6 is 0 Å². The third kappa shape index (κ3) is 4.21. The first-order valence-corrected chi connectivity index (χ1v) is 15.1. The Kier molecular flexibility index (Phi) is 8.00. The fraction of sp³-hybridized carbons (Fsp3) is 0.515. The zero-order valence-electron chi connectivity index (χ0n) is 26.4. The number of amides is 3. The Hall–Kier alpha value is -4.04. The van der Waals surface area contributed by atoms with E-state index in [0.717, 1.165) is 0 Å². The Labute approximate surface area is 265 Å². The summed E-state index contributed by atoms with van der Waals surface area (Å²) in [7, 11) is 1.50. The molecule has 46 heavy (non-hydrogen) atoms. The van der Waals surface area contributed by atoms with Gasteiger partial charge < -0.3 is 46.6 Å². The molecule has 2 fully saturated rings. The van der Waals surface area contributed by atoms with Gasteiger partial charge in [0.1, 0.15) is 23.5 Å². The number of methoxy groups -OCH3 is 1. The molecule has 10 atom stereocenters. The molecule has 0 aliphatic heterocycles. The molecule has 2 unspecified atom stereocenters. The number of Topliss-reactive ketones (excluding diaryl/α,β-unsaturated/α-hetero) is 2. The topological polar surface area (TPSA) is 229 Å². The molecule has 248 valence electrons. The third-order valence-electron chi connectivity index (χ3n) is 11.2. The quantitative estimate of drug-likeness (QED) is 0.175. The van der Waals surface area contributed by atoms with Gasteiger partial charge in [0.2, 0.25) is 5.91 Å². The monoisotopic (exact) mass is 639 g/mol. The zero-order chi connectivity index (χ0) is 34.3. The van der Waals surface area contributed by atoms with Crippen LogP contribution in [0.15, 0.2) is 36.4 Å². The number of ketones is 2. The number of carbonyl (C=O) groups is 4. The van der Waals surface area contributed by atoms with Crippen LogP contribution in [-0.2, 0) is 9.59 Å². The number of hydrogen-bond donors (Lipinski definition) is 8. The molecular weight excluding hydrogens is 598 g/mol. The summed E-state index contributed by atoms with van der Waals surface area (Å²) in [5, 5.41) is 64.3. The largest absolute Gasteiger partial charge is 0.505 e. The Morgan fingerprint density at radius 2 is 1.61 bits per heavy atom. The number of benzene rings is 2. The van der Waals surface area contributed by atoms with Crippen molar-refractivity contribution in [2.75, 3.05) is 17.7 Å². The number of primary amides is 1. The lowest BCUT2D eigenvalue weighted by Crippen LogP contribution is -2.83. The predicted octanol–water partition coefficient (Wildman–Crippen LogP) is 1.76. The summed E-state index contributed by atoms with van der Waals surface area (Å²) in [4.78, 5) is 53.5. The van der Waals surface area contributed by atoms with E-state index >= 15 is 0 Å². The predicted molar refractivity (Wildman–Crippen MR) is 165 cm³/mol. The molecule has 3 amide bonds. The van der Waals surface area contributed by atoms with Crippen molar-refractivity contribution in [3.8, 4) is 11.5 Å². The van der Waals surface area contributed by atoms with Crippen LogP contribution in [0.25, 0.3) is 0 Å². The molecule has 0 radical (unpaired) electrons. The van der Waals surface area contributed by atoms with Crippen molar-refractivity contribution in [3.63, 3.8) is 0 Å². The van der Waals surface area contributed by atoms with Gasteiger partial charge in [-0.25, -0.2) is 4.79 Å². The van der Waals surface area contributed by atoms with E-state index in [1.807, 2.05) is 0 Å². The van der Waals surface area contributed by atoms with E-state index in [1.165, 1.54) is 26.2 Å². The van der Waals surface area contributed by atoms with Crippen molar-refractivity contribution in [2.24, 2.45) is 40.2 Å². The van der Waals surface area contributed by atoms with Crippen molar-refractivity contribution in [1.82, 2.24) is 0 Å². The highest BCUT2D eigenvalue weighted by atomic mass is 16.5. The van der Waals surface area contributed by atoms with E-state index in [-0.39, 0.29) is 11.3 Å². The molecule has 0 heterocycles. The molecule has 5 rings (SSSR count). The first kappa shape index (κ1) is 33.3. The Morgan fingerprint density at radius 3 is 2.15 bits per heavy atom. The van der Waals surface area contributed by atoms with E-state index in [4.69, 9.17) is 10.5 Å². The maximum atomic E-state index is 14.4. The minimum Gasteiger partial charge on any atom is -0.505 e. The number of aromatic hydroxyl groups is 1. The normalized spacial score (nSPS) is 36.7. The number of phenols is 1. The summed E-state index contributed by atoms with van der Waals surface area (Å²) in [6.07, 6.45) is -5.53. The van der Waals surface area contributed by atoms with Gasteiger partial charge in [0.25, 0.3) is 0 Å². The van der Waals surface area contributed by atoms with E-state index in [0.29, 0.717) is 17.0 Å². The van der Waals surface area contributed by atoms with E-state index in [2.05, 4.69) is 10.6 Å². The summed E-state index contributed by atoms with van der Waals surface area (Å²) >= 11 is 0. The van der Waals surface area contributed by atoms with Crippen LogP contribution in [-0.4, -0.2) is 80.1 Å². The molecule has 0 aromatic heterocycles. The number of fused-ring (bicyclic) bond motifs is 3. The average molecular weight is 640 g/mol. The van der Waals surface area contributed by atoms with E-state index < -0.39 is 93.6 Å². The number of ether oxygens (including phenoxy) is 1. The number of carbonyl (C=O) groups excluding carboxylic acids is 4. The van der Waals surface area contributed by atoms with Crippen LogP contribution in [0, 0.1) is 34.5 Å². The maximum Gasteiger partial charge on any atom is 0.323 e. The SMILES string of the molecule is COc1ccc(NC(=O)Nc2ccc3c(c2O)C(=O)[C@@H]2C(O)[C@@]4(O)C(=O)[C@H](C(N)=O)C(O)[C@H](C(C)C)[C@@]4(C)[C@H](O)[C@@]2(C)[C@@H]3C)cc1. The number of urea groups is 1. The Bertz CT molecular complexity index is 1610. The zero-order valence-corrected chi connectivity index (χ0v) is 26.4. The van der Waals surface area contributed by atoms with Gasteiger partial charge in [-0.1, -0.05) is 40.7 Å². The van der Waals surface area contributed by atoms with Crippen molar-refractivity contribution < 1.29 is 49.4 Å². The first-order valence-electron chi connectivity index (χ1n) is 15.1. The van der Waals surface area contributed by atoms with Crippen molar-refractivity contribution in [3.05, 3.63) is 47.5 Å². The maximum absolute atomic E-state index is 14.4. The van der Waals surface area contributed by atoms with Crippen molar-refractivity contribution in [1.29, 1.82) is 0 Å². The third-order valence-corrected chi connectivity index (χ3v) is 11.2. The van der Waals surface area contributed by atoms with Gasteiger partial charge in [0.15, 0.2) is 17.2 Å². The molecule has 0 bridgehead atoms. The van der Waals surface area contributed by atoms with Crippen LogP contribution in [0.3, 0.4) is 0 Å². The summed E-state index contributed by atoms with van der Waals surface area (Å²) in [6.45, 7) is 7.99. The molecule has 13 nitrogen and oxygen atoms in total. The highest BCUT2D eigenvalue weighted by Crippen LogP contribution is 2.68. The van der Waals surface area contributed by atoms with Crippen LogP contribution in [0.5, 0.6) is 11.5 Å². The number of nitrogens with two attached hydrogens (primary N) is 1. The Balaban J connectivity index is 1.60. The van der Waals surface area contributed by atoms with Crippen LogP contribution in [0.2, 0.25) is 0 Å². The Morgan fingerprint density at radius 1 is 1.00 bits per heavy atom. The van der Waals surface area contributed by atoms with Crippen LogP contribution in [0.1, 0.15) is 56.5 Å². The van der Waals surface area contributed by atoms with E-state index in [1.54, 1.807) is 52.0 Å². The molecular formula is C33H41N3O10. The highest BCUT2D eigenvalue weighted by molar-refractivity contribution is 6.10. The molecule has 2 aromatic rings. The highest BCUT2D eigenvalue weighted by Gasteiger charge is 2.80. The van der Waals surface area contributed by atoms with Gasteiger partial charge in [0.05, 0.1) is 36.5 Å². The average Bonchev–Trinajstić information content (AvgIpc) is 2.98. The minimum absolute atomic E-state index is 0.131. The number of nitrogens with one attached hydrogen (secondary N) is 2. The lowest BCUT2D eigenvalue weighted by molar-refractivity contribution is -0.306. The van der Waals surface area contributed by atoms with Gasteiger partial charge in [0, 0.05) is 16.5 Å². The van der Waals surface area contributed by atoms with Gasteiger partial charge in [-0.3, -0.25) is 14.4 Å². The summed E-state index contributed by atoms with van der Waals surface area (Å²) in [6, 6.07) is 8.67. The number of rotatable bonds is 5. The summed E-state index contributed by atoms with van der Waals surface area (Å²) < 4.78 is 5.11. The van der Waals surface area contributed by atoms with Gasteiger partial charge in [-0.15, -0.1) is 0 Å². The fourth-order valence-electron chi connectivity index (χ4n) is 8.82. The van der Waals surface area contributed by atoms with Crippen molar-refractivity contribution in [2.45, 2.75) is 64.4 Å². The second kappa shape index (κ2) is 11.0. The smallest absolute Gasteiger partial charge is 0.323 e. The number of aliphatic hydroxyl groups excluding tert-OH is 3.